The SMILES string of the molecule is COc1cc(Nc2ncc3c(n2)N2CCCOC2(C)C(=O)N3C)ccc1-n1cnc(C)c1. The third-order valence-corrected chi connectivity index (χ3v) is 5.92. The molecule has 1 amide bonds. The number of aryl methyl sites for hydroxylation is 1. The molecule has 2 aliphatic heterocycles. The van der Waals surface area contributed by atoms with Gasteiger partial charge < -0.3 is 29.2 Å². The molecule has 1 unspecified atom stereocenters. The van der Waals surface area contributed by atoms with Crippen molar-refractivity contribution in [1.82, 2.24) is 19.5 Å². The number of nitrogens with zero attached hydrogens (tertiary/aromatic N) is 6. The van der Waals surface area contributed by atoms with E-state index in [1.165, 1.54) is 0 Å². The number of likely N-dealkylation sites (N-methyl/N-ethyl adjacent to an activating group) is 1. The molecule has 1 atom stereocenters. The molecule has 1 fully saturated rings. The highest BCUT2D eigenvalue weighted by atomic mass is 16.5. The lowest BCUT2D eigenvalue weighted by molar-refractivity contribution is -0.146. The molecule has 0 radical (unpaired) electrons. The van der Waals surface area contributed by atoms with Gasteiger partial charge in [0.15, 0.2) is 5.82 Å². The van der Waals surface area contributed by atoms with E-state index in [0.717, 1.165) is 23.5 Å². The topological polar surface area (TPSA) is 97.6 Å². The predicted octanol–water partition coefficient (Wildman–Crippen LogP) is 2.64. The highest BCUT2D eigenvalue weighted by Crippen LogP contribution is 2.41. The van der Waals surface area contributed by atoms with Crippen LogP contribution in [0.2, 0.25) is 0 Å². The first-order valence-electron chi connectivity index (χ1n) is 10.4. The van der Waals surface area contributed by atoms with Crippen LogP contribution in [0.1, 0.15) is 19.0 Å². The van der Waals surface area contributed by atoms with Gasteiger partial charge in [-0.05, 0) is 32.4 Å². The van der Waals surface area contributed by atoms with Crippen LogP contribution in [-0.4, -0.2) is 58.5 Å². The van der Waals surface area contributed by atoms with E-state index in [2.05, 4.69) is 15.3 Å². The van der Waals surface area contributed by atoms with Gasteiger partial charge in [0.05, 0.1) is 37.6 Å². The van der Waals surface area contributed by atoms with Crippen molar-refractivity contribution < 1.29 is 14.3 Å². The van der Waals surface area contributed by atoms with Gasteiger partial charge in [0.25, 0.3) is 5.91 Å². The van der Waals surface area contributed by atoms with E-state index in [9.17, 15) is 4.79 Å². The fourth-order valence-electron chi connectivity index (χ4n) is 4.20. The molecule has 5 rings (SSSR count). The summed E-state index contributed by atoms with van der Waals surface area (Å²) >= 11 is 0. The van der Waals surface area contributed by atoms with Gasteiger partial charge >= 0.3 is 0 Å². The molecule has 0 saturated carbocycles. The number of hydrogen-bond acceptors (Lipinski definition) is 8. The molecule has 1 saturated heterocycles. The van der Waals surface area contributed by atoms with Gasteiger partial charge in [0.1, 0.15) is 11.4 Å². The molecule has 10 nitrogen and oxygen atoms in total. The second-order valence-electron chi connectivity index (χ2n) is 8.04. The average molecular weight is 435 g/mol. The lowest BCUT2D eigenvalue weighted by Crippen LogP contribution is -2.65. The van der Waals surface area contributed by atoms with E-state index in [4.69, 9.17) is 14.5 Å². The minimum atomic E-state index is -1.06. The molecule has 32 heavy (non-hydrogen) atoms. The summed E-state index contributed by atoms with van der Waals surface area (Å²) in [5.74, 6) is 1.66. The number of aromatic nitrogens is 4. The second kappa shape index (κ2) is 7.49. The maximum absolute atomic E-state index is 12.9. The number of imidazole rings is 1. The first-order chi connectivity index (χ1) is 15.4. The van der Waals surface area contributed by atoms with Crippen molar-refractivity contribution in [3.05, 3.63) is 42.6 Å². The van der Waals surface area contributed by atoms with E-state index in [1.54, 1.807) is 38.5 Å². The normalized spacial score (nSPS) is 20.1. The Balaban J connectivity index is 1.47. The van der Waals surface area contributed by atoms with Crippen molar-refractivity contribution in [2.24, 2.45) is 0 Å². The summed E-state index contributed by atoms with van der Waals surface area (Å²) in [7, 11) is 3.35. The van der Waals surface area contributed by atoms with Crippen LogP contribution in [0.15, 0.2) is 36.9 Å². The van der Waals surface area contributed by atoms with E-state index in [0.29, 0.717) is 36.4 Å². The van der Waals surface area contributed by atoms with Gasteiger partial charge in [0, 0.05) is 31.5 Å². The summed E-state index contributed by atoms with van der Waals surface area (Å²) in [5, 5.41) is 3.25. The summed E-state index contributed by atoms with van der Waals surface area (Å²) in [6.07, 6.45) is 6.18. The Morgan fingerprint density at radius 3 is 2.84 bits per heavy atom. The summed E-state index contributed by atoms with van der Waals surface area (Å²) < 4.78 is 13.4. The molecular weight excluding hydrogens is 410 g/mol. The number of anilines is 4. The standard InChI is InChI=1S/C22H25N7O3/c1-14-12-28(13-24-14)16-7-6-15(10-18(16)31-4)25-21-23-11-17-19(26-21)29-8-5-9-32-22(29,2)20(30)27(17)3/h6-7,10-13H,5,8-9H2,1-4H3,(H,23,25,26). The minimum Gasteiger partial charge on any atom is -0.494 e. The van der Waals surface area contributed by atoms with E-state index >= 15 is 0 Å². The molecule has 2 aromatic heterocycles. The molecule has 1 N–H and O–H groups in total. The number of hydrogen-bond donors (Lipinski definition) is 1. The third kappa shape index (κ3) is 3.14. The van der Waals surface area contributed by atoms with Crippen LogP contribution < -0.4 is 19.9 Å². The average Bonchev–Trinajstić information content (AvgIpc) is 3.23. The van der Waals surface area contributed by atoms with Gasteiger partial charge in [-0.15, -0.1) is 0 Å². The van der Waals surface area contributed by atoms with Crippen molar-refractivity contribution in [3.63, 3.8) is 0 Å². The Bertz CT molecular complexity index is 1190. The Morgan fingerprint density at radius 1 is 1.25 bits per heavy atom. The number of carbonyl (C=O) groups excluding carboxylic acids is 1. The number of fused-ring (bicyclic) bond motifs is 3. The van der Waals surface area contributed by atoms with Crippen molar-refractivity contribution in [2.75, 3.05) is 42.4 Å². The monoisotopic (exact) mass is 435 g/mol. The minimum absolute atomic E-state index is 0.121. The molecule has 2 aliphatic rings. The molecule has 3 aromatic rings. The second-order valence-corrected chi connectivity index (χ2v) is 8.04. The van der Waals surface area contributed by atoms with Crippen molar-refractivity contribution >= 4 is 29.0 Å². The summed E-state index contributed by atoms with van der Waals surface area (Å²) in [6, 6.07) is 5.76. The van der Waals surface area contributed by atoms with Crippen LogP contribution in [0, 0.1) is 6.92 Å². The molecule has 0 bridgehead atoms. The summed E-state index contributed by atoms with van der Waals surface area (Å²) in [4.78, 5) is 29.8. The maximum Gasteiger partial charge on any atom is 0.280 e. The van der Waals surface area contributed by atoms with Crippen LogP contribution in [-0.2, 0) is 9.53 Å². The summed E-state index contributed by atoms with van der Waals surface area (Å²) in [6.45, 7) is 4.97. The zero-order valence-electron chi connectivity index (χ0n) is 18.5. The maximum atomic E-state index is 12.9. The molecule has 0 aliphatic carbocycles. The van der Waals surface area contributed by atoms with Gasteiger partial charge in [0.2, 0.25) is 11.7 Å². The molecule has 10 heteroatoms. The van der Waals surface area contributed by atoms with Crippen LogP contribution >= 0.6 is 0 Å². The number of rotatable bonds is 4. The fraction of sp³-hybridized carbons (Fsp3) is 0.364. The first kappa shape index (κ1) is 20.3. The van der Waals surface area contributed by atoms with Crippen molar-refractivity contribution in [3.8, 4) is 11.4 Å². The highest BCUT2D eigenvalue weighted by Gasteiger charge is 2.50. The van der Waals surface area contributed by atoms with Crippen LogP contribution in [0.3, 0.4) is 0 Å². The third-order valence-electron chi connectivity index (χ3n) is 5.92. The quantitative estimate of drug-likeness (QED) is 0.668. The molecule has 4 heterocycles. The molecule has 166 valence electrons. The Morgan fingerprint density at radius 2 is 2.09 bits per heavy atom. The number of carbonyl (C=O) groups is 1. The van der Waals surface area contributed by atoms with Crippen LogP contribution in [0.5, 0.6) is 5.75 Å². The van der Waals surface area contributed by atoms with Gasteiger partial charge in [-0.3, -0.25) is 4.79 Å². The lowest BCUT2D eigenvalue weighted by Gasteiger charge is -2.49. The summed E-state index contributed by atoms with van der Waals surface area (Å²) in [5.41, 5.74) is 2.19. The Hall–Kier alpha value is -3.66. The lowest BCUT2D eigenvalue weighted by atomic mass is 10.1. The van der Waals surface area contributed by atoms with Crippen LogP contribution in [0.25, 0.3) is 5.69 Å². The highest BCUT2D eigenvalue weighted by molar-refractivity contribution is 6.06. The zero-order valence-corrected chi connectivity index (χ0v) is 18.5. The van der Waals surface area contributed by atoms with E-state index in [-0.39, 0.29) is 5.91 Å². The number of nitrogens with one attached hydrogen (secondary N) is 1. The molecule has 0 spiro atoms. The predicted molar refractivity (Wildman–Crippen MR) is 120 cm³/mol. The van der Waals surface area contributed by atoms with Gasteiger partial charge in [-0.25, -0.2) is 9.97 Å². The number of amides is 1. The molecular formula is C22H25N7O3. The molecule has 1 aromatic carbocycles. The van der Waals surface area contributed by atoms with Crippen LogP contribution in [0.4, 0.5) is 23.1 Å². The smallest absolute Gasteiger partial charge is 0.280 e. The largest absolute Gasteiger partial charge is 0.494 e. The first-order valence-corrected chi connectivity index (χ1v) is 10.4. The van der Waals surface area contributed by atoms with Gasteiger partial charge in [-0.2, -0.15) is 4.98 Å². The fourth-order valence-corrected chi connectivity index (χ4v) is 4.20. The van der Waals surface area contributed by atoms with Crippen molar-refractivity contribution in [2.45, 2.75) is 26.0 Å². The Kier molecular flexibility index (Phi) is 4.74. The van der Waals surface area contributed by atoms with Gasteiger partial charge in [-0.1, -0.05) is 0 Å². The number of benzene rings is 1. The zero-order chi connectivity index (χ0) is 22.5. The van der Waals surface area contributed by atoms with Crippen molar-refractivity contribution in [1.29, 1.82) is 0 Å². The number of ether oxygens (including phenoxy) is 2. The van der Waals surface area contributed by atoms with E-state index < -0.39 is 5.72 Å². The number of methoxy groups -OCH3 is 1. The Labute approximate surface area is 185 Å². The van der Waals surface area contributed by atoms with E-state index in [1.807, 2.05) is 40.8 Å².